The minimum atomic E-state index is -0.0236. The highest BCUT2D eigenvalue weighted by atomic mass is 32.1. The van der Waals surface area contributed by atoms with E-state index in [1.165, 1.54) is 11.3 Å². The molecule has 24 heavy (non-hydrogen) atoms. The zero-order valence-electron chi connectivity index (χ0n) is 13.3. The van der Waals surface area contributed by atoms with Crippen LogP contribution >= 0.6 is 11.3 Å². The van der Waals surface area contributed by atoms with Gasteiger partial charge in [-0.15, -0.1) is 11.3 Å². The molecule has 0 aromatic carbocycles. The quantitative estimate of drug-likeness (QED) is 0.706. The summed E-state index contributed by atoms with van der Waals surface area (Å²) < 4.78 is 1.86. The van der Waals surface area contributed by atoms with Crippen LogP contribution in [0.15, 0.2) is 36.2 Å². The Hall–Kier alpha value is -2.61. The Morgan fingerprint density at radius 2 is 2.08 bits per heavy atom. The lowest BCUT2D eigenvalue weighted by molar-refractivity contribution is -0.121. The first-order valence-electron chi connectivity index (χ1n) is 7.74. The zero-order valence-corrected chi connectivity index (χ0v) is 14.2. The number of rotatable bonds is 7. The molecule has 0 saturated carbocycles. The van der Waals surface area contributed by atoms with E-state index in [4.69, 9.17) is 0 Å². The fraction of sp³-hybridized carbons (Fsp3) is 0.312. The number of hydrogen-bond donors (Lipinski definition) is 1. The van der Waals surface area contributed by atoms with Crippen molar-refractivity contribution < 1.29 is 4.79 Å². The van der Waals surface area contributed by atoms with E-state index in [0.29, 0.717) is 25.3 Å². The van der Waals surface area contributed by atoms with Gasteiger partial charge < -0.3 is 9.88 Å². The molecule has 0 aliphatic heterocycles. The zero-order chi connectivity index (χ0) is 16.8. The largest absolute Gasteiger partial charge is 0.354 e. The van der Waals surface area contributed by atoms with Gasteiger partial charge in [0.1, 0.15) is 12.4 Å². The highest BCUT2D eigenvalue weighted by Crippen LogP contribution is 2.19. The van der Waals surface area contributed by atoms with Crippen LogP contribution in [0.25, 0.3) is 10.8 Å². The van der Waals surface area contributed by atoms with Crippen molar-refractivity contribution in [2.24, 2.45) is 0 Å². The molecule has 0 atom stereocenters. The number of thiazole rings is 1. The molecule has 3 heterocycles. The molecule has 0 aliphatic rings. The fourth-order valence-electron chi connectivity index (χ4n) is 2.27. The van der Waals surface area contributed by atoms with Gasteiger partial charge in [0.2, 0.25) is 5.91 Å². The predicted octanol–water partition coefficient (Wildman–Crippen LogP) is 1.72. The molecule has 0 fully saturated rings. The first-order valence-corrected chi connectivity index (χ1v) is 8.62. The van der Waals surface area contributed by atoms with Crippen LogP contribution in [0.3, 0.4) is 0 Å². The van der Waals surface area contributed by atoms with Gasteiger partial charge in [-0.05, 0) is 6.07 Å². The van der Waals surface area contributed by atoms with Gasteiger partial charge in [0.05, 0.1) is 5.69 Å². The van der Waals surface area contributed by atoms with Gasteiger partial charge >= 0.3 is 0 Å². The Balaban J connectivity index is 1.48. The third kappa shape index (κ3) is 4.02. The van der Waals surface area contributed by atoms with Crippen molar-refractivity contribution in [2.75, 3.05) is 6.54 Å². The topological polar surface area (TPSA) is 85.6 Å². The Bertz CT molecular complexity index is 798. The van der Waals surface area contributed by atoms with E-state index < -0.39 is 0 Å². The van der Waals surface area contributed by atoms with Gasteiger partial charge in [0.15, 0.2) is 10.8 Å². The smallest absolute Gasteiger partial charge is 0.239 e. The highest BCUT2D eigenvalue weighted by molar-refractivity contribution is 7.13. The molecule has 0 radical (unpaired) electrons. The molecule has 0 unspecified atom stereocenters. The number of carbonyl (C=O) groups excluding carboxylic acids is 1. The summed E-state index contributed by atoms with van der Waals surface area (Å²) in [5, 5.41) is 5.69. The number of nitrogens with zero attached hydrogens (tertiary/aromatic N) is 5. The number of aryl methyl sites for hydroxylation is 1. The summed E-state index contributed by atoms with van der Waals surface area (Å²) in [6.07, 6.45) is 8.43. The summed E-state index contributed by atoms with van der Waals surface area (Å²) in [6, 6.07) is 1.78. The van der Waals surface area contributed by atoms with E-state index in [9.17, 15) is 4.79 Å². The van der Waals surface area contributed by atoms with Crippen molar-refractivity contribution in [1.82, 2.24) is 29.8 Å². The molecule has 1 N–H and O–H groups in total. The molecule has 3 rings (SSSR count). The number of amides is 1. The van der Waals surface area contributed by atoms with Crippen molar-refractivity contribution in [3.05, 3.63) is 47.8 Å². The Morgan fingerprint density at radius 3 is 2.88 bits per heavy atom. The van der Waals surface area contributed by atoms with Crippen LogP contribution in [-0.4, -0.2) is 37.0 Å². The van der Waals surface area contributed by atoms with E-state index in [0.717, 1.165) is 22.9 Å². The first kappa shape index (κ1) is 16.3. The molecule has 0 bridgehead atoms. The van der Waals surface area contributed by atoms with E-state index in [1.807, 2.05) is 23.1 Å². The summed E-state index contributed by atoms with van der Waals surface area (Å²) in [6.45, 7) is 2.87. The lowest BCUT2D eigenvalue weighted by Crippen LogP contribution is -2.29. The number of hydrogen-bond acceptors (Lipinski definition) is 6. The van der Waals surface area contributed by atoms with Gasteiger partial charge in [-0.2, -0.15) is 0 Å². The second-order valence-electron chi connectivity index (χ2n) is 5.14. The summed E-state index contributed by atoms with van der Waals surface area (Å²) in [4.78, 5) is 29.1. The van der Waals surface area contributed by atoms with Crippen LogP contribution < -0.4 is 5.32 Å². The molecule has 3 aromatic rings. The van der Waals surface area contributed by atoms with E-state index >= 15 is 0 Å². The van der Waals surface area contributed by atoms with E-state index in [1.54, 1.807) is 24.7 Å². The Morgan fingerprint density at radius 1 is 1.25 bits per heavy atom. The molecular formula is C16H18N6OS. The van der Waals surface area contributed by atoms with Gasteiger partial charge in [-0.3, -0.25) is 4.79 Å². The second kappa shape index (κ2) is 7.78. The van der Waals surface area contributed by atoms with E-state index in [-0.39, 0.29) is 5.91 Å². The highest BCUT2D eigenvalue weighted by Gasteiger charge is 2.08. The van der Waals surface area contributed by atoms with Crippen LogP contribution in [0.4, 0.5) is 0 Å². The lowest BCUT2D eigenvalue weighted by Gasteiger charge is -2.07. The molecule has 1 amide bonds. The number of aromatic nitrogens is 5. The van der Waals surface area contributed by atoms with Gasteiger partial charge in [0.25, 0.3) is 0 Å². The second-order valence-corrected chi connectivity index (χ2v) is 6.00. The van der Waals surface area contributed by atoms with Crippen molar-refractivity contribution in [3.8, 4) is 10.8 Å². The Labute approximate surface area is 143 Å². The molecule has 0 aliphatic carbocycles. The molecule has 3 aromatic heterocycles. The van der Waals surface area contributed by atoms with Crippen molar-refractivity contribution in [1.29, 1.82) is 0 Å². The lowest BCUT2D eigenvalue weighted by atomic mass is 10.3. The third-order valence-electron chi connectivity index (χ3n) is 3.44. The minimum absolute atomic E-state index is 0.0236. The molecule has 0 saturated heterocycles. The number of carbonyl (C=O) groups is 1. The predicted molar refractivity (Wildman–Crippen MR) is 91.5 cm³/mol. The van der Waals surface area contributed by atoms with E-state index in [2.05, 4.69) is 25.3 Å². The van der Waals surface area contributed by atoms with Crippen molar-refractivity contribution in [2.45, 2.75) is 26.3 Å². The maximum absolute atomic E-state index is 12.0. The standard InChI is InChI=1S/C16H18N6OS/c1-2-13-17-8-9-22(13)10-14(23)18-7-4-12-11-24-16(21-12)15-19-5-3-6-20-15/h3,5-6,8-9,11H,2,4,7,10H2,1H3,(H,18,23). The average molecular weight is 342 g/mol. The monoisotopic (exact) mass is 342 g/mol. The van der Waals surface area contributed by atoms with Crippen LogP contribution in [-0.2, 0) is 24.2 Å². The van der Waals surface area contributed by atoms with Gasteiger partial charge in [0, 0.05) is 49.6 Å². The van der Waals surface area contributed by atoms with Crippen molar-refractivity contribution in [3.63, 3.8) is 0 Å². The summed E-state index contributed by atoms with van der Waals surface area (Å²) in [5.41, 5.74) is 0.930. The fourth-order valence-corrected chi connectivity index (χ4v) is 3.07. The Kier molecular flexibility index (Phi) is 5.27. The molecule has 8 heteroatoms. The first-order chi connectivity index (χ1) is 11.8. The molecule has 7 nitrogen and oxygen atoms in total. The number of imidazole rings is 1. The maximum atomic E-state index is 12.0. The van der Waals surface area contributed by atoms with Crippen molar-refractivity contribution >= 4 is 17.2 Å². The molecule has 0 spiro atoms. The molecular weight excluding hydrogens is 324 g/mol. The van der Waals surface area contributed by atoms with Gasteiger partial charge in [-0.25, -0.2) is 19.9 Å². The summed E-state index contributed by atoms with van der Waals surface area (Å²) >= 11 is 1.51. The summed E-state index contributed by atoms with van der Waals surface area (Å²) in [5.74, 6) is 1.52. The maximum Gasteiger partial charge on any atom is 0.239 e. The third-order valence-corrected chi connectivity index (χ3v) is 4.33. The molecule has 124 valence electrons. The SMILES string of the molecule is CCc1nccn1CC(=O)NCCc1csc(-c2ncccn2)n1. The van der Waals surface area contributed by atoms with Crippen LogP contribution in [0.1, 0.15) is 18.4 Å². The summed E-state index contributed by atoms with van der Waals surface area (Å²) in [7, 11) is 0. The van der Waals surface area contributed by atoms with Crippen LogP contribution in [0.2, 0.25) is 0 Å². The van der Waals surface area contributed by atoms with Crippen LogP contribution in [0.5, 0.6) is 0 Å². The minimum Gasteiger partial charge on any atom is -0.354 e. The number of nitrogens with one attached hydrogen (secondary N) is 1. The van der Waals surface area contributed by atoms with Crippen LogP contribution in [0, 0.1) is 0 Å². The van der Waals surface area contributed by atoms with Gasteiger partial charge in [-0.1, -0.05) is 6.92 Å². The normalized spacial score (nSPS) is 10.7. The average Bonchev–Trinajstić information content (AvgIpc) is 3.25.